The van der Waals surface area contributed by atoms with Crippen molar-refractivity contribution in [3.8, 4) is 39.9 Å². The van der Waals surface area contributed by atoms with Gasteiger partial charge < -0.3 is 4.57 Å². The fourth-order valence-corrected chi connectivity index (χ4v) is 5.81. The highest BCUT2D eigenvalue weighted by Gasteiger charge is 2.19. The first-order chi connectivity index (χ1) is 20.3. The molecule has 4 nitrogen and oxygen atoms in total. The smallest absolute Gasteiger partial charge is 0.164 e. The summed E-state index contributed by atoms with van der Waals surface area (Å²) >= 11 is 0. The van der Waals surface area contributed by atoms with Crippen LogP contribution in [0.25, 0.3) is 72.4 Å². The van der Waals surface area contributed by atoms with E-state index < -0.39 is 0 Å². The van der Waals surface area contributed by atoms with E-state index in [9.17, 15) is 0 Å². The number of hydrogen-bond acceptors (Lipinski definition) is 3. The van der Waals surface area contributed by atoms with Crippen LogP contribution in [0, 0.1) is 0 Å². The molecule has 0 amide bonds. The Morgan fingerprint density at radius 1 is 0.390 bits per heavy atom. The summed E-state index contributed by atoms with van der Waals surface area (Å²) in [6, 6.07) is 50.3. The molecule has 0 fully saturated rings. The third kappa shape index (κ3) is 3.88. The van der Waals surface area contributed by atoms with Crippen LogP contribution in [0.15, 0.2) is 146 Å². The van der Waals surface area contributed by atoms with Gasteiger partial charge in [-0.05, 0) is 29.7 Å². The lowest BCUT2D eigenvalue weighted by atomic mass is 9.98. The van der Waals surface area contributed by atoms with E-state index >= 15 is 0 Å². The van der Waals surface area contributed by atoms with Gasteiger partial charge in [-0.2, -0.15) is 0 Å². The third-order valence-corrected chi connectivity index (χ3v) is 7.63. The highest BCUT2D eigenvalue weighted by atomic mass is 15.0. The molecule has 8 aromatic rings. The van der Waals surface area contributed by atoms with Gasteiger partial charge in [0.05, 0.1) is 11.0 Å². The maximum absolute atomic E-state index is 5.07. The Hall–Kier alpha value is -5.61. The molecule has 2 heterocycles. The zero-order valence-corrected chi connectivity index (χ0v) is 22.1. The fraction of sp³-hybridized carbons (Fsp3) is 0. The topological polar surface area (TPSA) is 43.6 Å². The summed E-state index contributed by atoms with van der Waals surface area (Å²) in [7, 11) is 0. The Kier molecular flexibility index (Phi) is 5.42. The van der Waals surface area contributed by atoms with Crippen molar-refractivity contribution in [3.63, 3.8) is 0 Å². The average molecular weight is 525 g/mol. The Labute approximate surface area is 237 Å². The summed E-state index contributed by atoms with van der Waals surface area (Å²) in [5, 5.41) is 4.68. The normalized spacial score (nSPS) is 11.4. The van der Waals surface area contributed by atoms with Crippen molar-refractivity contribution in [2.24, 2.45) is 0 Å². The molecule has 0 unspecified atom stereocenters. The van der Waals surface area contributed by atoms with Crippen LogP contribution < -0.4 is 0 Å². The quantitative estimate of drug-likeness (QED) is 0.231. The summed E-state index contributed by atoms with van der Waals surface area (Å²) in [5.74, 6) is 1.98. The second-order valence-corrected chi connectivity index (χ2v) is 10.1. The lowest BCUT2D eigenvalue weighted by Crippen LogP contribution is -2.00. The molecule has 0 saturated heterocycles. The van der Waals surface area contributed by atoms with Crippen molar-refractivity contribution in [2.45, 2.75) is 0 Å². The van der Waals surface area contributed by atoms with Crippen LogP contribution in [-0.2, 0) is 0 Å². The SMILES string of the molecule is c1ccc(-c2nc(-c3ccccc3)nc(-c3cccc4ccc5c(c6ccccc6n5-c5ccccc5)c34)n2)cc1. The molecule has 6 aromatic carbocycles. The summed E-state index contributed by atoms with van der Waals surface area (Å²) in [5.41, 5.74) is 6.35. The second kappa shape index (κ2) is 9.54. The minimum Gasteiger partial charge on any atom is -0.309 e. The van der Waals surface area contributed by atoms with Crippen LogP contribution >= 0.6 is 0 Å². The minimum atomic E-state index is 0.658. The van der Waals surface area contributed by atoms with Gasteiger partial charge in [-0.1, -0.05) is 121 Å². The molecule has 8 rings (SSSR count). The number of nitrogens with zero attached hydrogens (tertiary/aromatic N) is 4. The molecular formula is C37H24N4. The molecule has 2 aromatic heterocycles. The number of aromatic nitrogens is 4. The molecule has 0 N–H and O–H groups in total. The van der Waals surface area contributed by atoms with Gasteiger partial charge in [0.25, 0.3) is 0 Å². The van der Waals surface area contributed by atoms with Crippen molar-refractivity contribution in [1.82, 2.24) is 19.5 Å². The molecule has 0 bridgehead atoms. The van der Waals surface area contributed by atoms with Crippen molar-refractivity contribution >= 4 is 32.6 Å². The van der Waals surface area contributed by atoms with Crippen LogP contribution in [-0.4, -0.2) is 19.5 Å². The van der Waals surface area contributed by atoms with Gasteiger partial charge in [-0.25, -0.2) is 15.0 Å². The fourth-order valence-electron chi connectivity index (χ4n) is 5.81. The van der Waals surface area contributed by atoms with Crippen LogP contribution in [0.5, 0.6) is 0 Å². The largest absolute Gasteiger partial charge is 0.309 e. The highest BCUT2D eigenvalue weighted by Crippen LogP contribution is 2.40. The molecule has 192 valence electrons. The molecule has 0 aliphatic carbocycles. The summed E-state index contributed by atoms with van der Waals surface area (Å²) in [6.07, 6.45) is 0. The molecule has 0 atom stereocenters. The number of hydrogen-bond donors (Lipinski definition) is 0. The van der Waals surface area contributed by atoms with Crippen molar-refractivity contribution in [3.05, 3.63) is 146 Å². The number of fused-ring (bicyclic) bond motifs is 5. The van der Waals surface area contributed by atoms with Crippen molar-refractivity contribution < 1.29 is 0 Å². The lowest BCUT2D eigenvalue weighted by Gasteiger charge is -2.12. The van der Waals surface area contributed by atoms with Gasteiger partial charge in [0.1, 0.15) is 0 Å². The van der Waals surface area contributed by atoms with Gasteiger partial charge in [0, 0.05) is 38.5 Å². The maximum atomic E-state index is 5.07. The summed E-state index contributed by atoms with van der Waals surface area (Å²) in [4.78, 5) is 15.1. The van der Waals surface area contributed by atoms with E-state index in [1.807, 2.05) is 60.7 Å². The van der Waals surface area contributed by atoms with E-state index in [1.165, 1.54) is 16.3 Å². The first-order valence-electron chi connectivity index (χ1n) is 13.7. The van der Waals surface area contributed by atoms with E-state index in [0.29, 0.717) is 17.5 Å². The number of rotatable bonds is 4. The Bertz CT molecular complexity index is 2130. The van der Waals surface area contributed by atoms with Crippen LogP contribution in [0.1, 0.15) is 0 Å². The van der Waals surface area contributed by atoms with Gasteiger partial charge in [-0.15, -0.1) is 0 Å². The first-order valence-corrected chi connectivity index (χ1v) is 13.7. The Morgan fingerprint density at radius 3 is 1.66 bits per heavy atom. The van der Waals surface area contributed by atoms with Crippen molar-refractivity contribution in [2.75, 3.05) is 0 Å². The molecule has 0 spiro atoms. The molecular weight excluding hydrogens is 500 g/mol. The van der Waals surface area contributed by atoms with E-state index in [-0.39, 0.29) is 0 Å². The monoisotopic (exact) mass is 524 g/mol. The first kappa shape index (κ1) is 23.3. The zero-order valence-electron chi connectivity index (χ0n) is 22.1. The predicted molar refractivity (Wildman–Crippen MR) is 168 cm³/mol. The van der Waals surface area contributed by atoms with E-state index in [1.54, 1.807) is 0 Å². The highest BCUT2D eigenvalue weighted by molar-refractivity contribution is 6.24. The van der Waals surface area contributed by atoms with Crippen LogP contribution in [0.2, 0.25) is 0 Å². The molecule has 4 heteroatoms. The van der Waals surface area contributed by atoms with E-state index in [4.69, 9.17) is 15.0 Å². The molecule has 0 radical (unpaired) electrons. The predicted octanol–water partition coefficient (Wildman–Crippen LogP) is 9.12. The Morgan fingerprint density at radius 2 is 0.976 bits per heavy atom. The molecule has 0 aliphatic heterocycles. The standard InChI is InChI=1S/C37H24N4/c1-4-13-26(14-5-1)35-38-36(27-15-6-2-7-16-27)40-37(39-35)30-21-12-17-25-23-24-32-34(33(25)30)29-20-10-11-22-31(29)41(32)28-18-8-3-9-19-28/h1-24H. The molecule has 0 saturated carbocycles. The van der Waals surface area contributed by atoms with Crippen LogP contribution in [0.3, 0.4) is 0 Å². The van der Waals surface area contributed by atoms with Gasteiger partial charge in [0.15, 0.2) is 17.5 Å². The minimum absolute atomic E-state index is 0.658. The zero-order chi connectivity index (χ0) is 27.2. The molecule has 0 aliphatic rings. The molecule has 41 heavy (non-hydrogen) atoms. The van der Waals surface area contributed by atoms with Gasteiger partial charge in [0.2, 0.25) is 0 Å². The Balaban J connectivity index is 1.48. The second-order valence-electron chi connectivity index (χ2n) is 10.1. The van der Waals surface area contributed by atoms with Crippen LogP contribution in [0.4, 0.5) is 0 Å². The summed E-state index contributed by atoms with van der Waals surface area (Å²) < 4.78 is 2.35. The number of benzene rings is 6. The summed E-state index contributed by atoms with van der Waals surface area (Å²) in [6.45, 7) is 0. The van der Waals surface area contributed by atoms with Crippen molar-refractivity contribution in [1.29, 1.82) is 0 Å². The van der Waals surface area contributed by atoms with Gasteiger partial charge in [-0.3, -0.25) is 0 Å². The maximum Gasteiger partial charge on any atom is 0.164 e. The average Bonchev–Trinajstić information content (AvgIpc) is 3.40. The lowest BCUT2D eigenvalue weighted by molar-refractivity contribution is 1.08. The van der Waals surface area contributed by atoms with Gasteiger partial charge >= 0.3 is 0 Å². The van der Waals surface area contributed by atoms with E-state index in [0.717, 1.165) is 38.7 Å². The van der Waals surface area contributed by atoms with E-state index in [2.05, 4.69) is 89.5 Å². The third-order valence-electron chi connectivity index (χ3n) is 7.63. The number of para-hydroxylation sites is 2.